The van der Waals surface area contributed by atoms with Gasteiger partial charge in [0, 0.05) is 25.3 Å². The van der Waals surface area contributed by atoms with Crippen LogP contribution in [0.5, 0.6) is 0 Å². The van der Waals surface area contributed by atoms with Crippen LogP contribution in [0.25, 0.3) is 0 Å². The van der Waals surface area contributed by atoms with Crippen molar-refractivity contribution in [3.63, 3.8) is 0 Å². The number of aromatic nitrogens is 1. The number of nitrogens with two attached hydrogens (primary N) is 1. The molecule has 2 unspecified atom stereocenters. The van der Waals surface area contributed by atoms with E-state index in [0.29, 0.717) is 0 Å². The van der Waals surface area contributed by atoms with Gasteiger partial charge < -0.3 is 10.6 Å². The van der Waals surface area contributed by atoms with Crippen LogP contribution in [0.2, 0.25) is 0 Å². The standard InChI is InChI=1S/C14H23N3/c1-10-6-11(2)9-17(8-10)14-7-13(12(3)15)4-5-16-14/h4-5,7,10-12H,6,8-9,15H2,1-3H3/t10?,11?,12-/m1/s1. The average Bonchev–Trinajstić information content (AvgIpc) is 2.28. The average molecular weight is 233 g/mol. The summed E-state index contributed by atoms with van der Waals surface area (Å²) in [6.07, 6.45) is 3.20. The van der Waals surface area contributed by atoms with E-state index in [2.05, 4.69) is 29.8 Å². The van der Waals surface area contributed by atoms with Crippen molar-refractivity contribution in [3.8, 4) is 0 Å². The van der Waals surface area contributed by atoms with Crippen molar-refractivity contribution >= 4 is 5.82 Å². The van der Waals surface area contributed by atoms with Crippen molar-refractivity contribution in [1.82, 2.24) is 4.98 Å². The lowest BCUT2D eigenvalue weighted by molar-refractivity contribution is 0.355. The largest absolute Gasteiger partial charge is 0.356 e. The van der Waals surface area contributed by atoms with Gasteiger partial charge >= 0.3 is 0 Å². The number of rotatable bonds is 2. The van der Waals surface area contributed by atoms with Crippen LogP contribution >= 0.6 is 0 Å². The van der Waals surface area contributed by atoms with E-state index in [0.717, 1.165) is 30.7 Å². The van der Waals surface area contributed by atoms with Crippen molar-refractivity contribution in [2.75, 3.05) is 18.0 Å². The second kappa shape index (κ2) is 5.05. The summed E-state index contributed by atoms with van der Waals surface area (Å²) in [5, 5.41) is 0. The van der Waals surface area contributed by atoms with Gasteiger partial charge in [0.1, 0.15) is 5.82 Å². The molecule has 3 atom stereocenters. The number of pyridine rings is 1. The molecular formula is C14H23N3. The number of piperidine rings is 1. The van der Waals surface area contributed by atoms with Crippen LogP contribution < -0.4 is 10.6 Å². The summed E-state index contributed by atoms with van der Waals surface area (Å²) < 4.78 is 0. The monoisotopic (exact) mass is 233 g/mol. The van der Waals surface area contributed by atoms with Crippen LogP contribution in [-0.2, 0) is 0 Å². The highest BCUT2D eigenvalue weighted by atomic mass is 15.2. The van der Waals surface area contributed by atoms with Crippen LogP contribution in [0.15, 0.2) is 18.3 Å². The Labute approximate surface area is 104 Å². The minimum atomic E-state index is 0.0800. The van der Waals surface area contributed by atoms with Gasteiger partial charge in [0.05, 0.1) is 0 Å². The van der Waals surface area contributed by atoms with Gasteiger partial charge in [-0.2, -0.15) is 0 Å². The Balaban J connectivity index is 2.18. The maximum Gasteiger partial charge on any atom is 0.128 e. The summed E-state index contributed by atoms with van der Waals surface area (Å²) in [6.45, 7) is 8.87. The Kier molecular flexibility index (Phi) is 3.67. The first-order valence-electron chi connectivity index (χ1n) is 6.52. The van der Waals surface area contributed by atoms with Gasteiger partial charge in [-0.15, -0.1) is 0 Å². The zero-order valence-electron chi connectivity index (χ0n) is 11.1. The lowest BCUT2D eigenvalue weighted by Gasteiger charge is -2.36. The molecule has 3 heteroatoms. The minimum Gasteiger partial charge on any atom is -0.356 e. The third-order valence-corrected chi connectivity index (χ3v) is 3.49. The molecule has 0 radical (unpaired) electrons. The molecule has 3 nitrogen and oxygen atoms in total. The molecule has 0 aliphatic carbocycles. The first-order valence-corrected chi connectivity index (χ1v) is 6.52. The molecule has 0 bridgehead atoms. The van der Waals surface area contributed by atoms with E-state index in [4.69, 9.17) is 5.73 Å². The van der Waals surface area contributed by atoms with Crippen molar-refractivity contribution in [2.45, 2.75) is 33.2 Å². The Morgan fingerprint density at radius 3 is 2.59 bits per heavy atom. The van der Waals surface area contributed by atoms with Gasteiger partial charge in [0.25, 0.3) is 0 Å². The van der Waals surface area contributed by atoms with Gasteiger partial charge in [-0.25, -0.2) is 4.98 Å². The highest BCUT2D eigenvalue weighted by Crippen LogP contribution is 2.26. The highest BCUT2D eigenvalue weighted by molar-refractivity contribution is 5.42. The Morgan fingerprint density at radius 2 is 2.00 bits per heavy atom. The van der Waals surface area contributed by atoms with E-state index >= 15 is 0 Å². The first-order chi connectivity index (χ1) is 8.06. The molecule has 1 fully saturated rings. The molecular weight excluding hydrogens is 210 g/mol. The van der Waals surface area contributed by atoms with E-state index in [9.17, 15) is 0 Å². The number of nitrogens with zero attached hydrogens (tertiary/aromatic N) is 2. The van der Waals surface area contributed by atoms with Gasteiger partial charge in [-0.1, -0.05) is 13.8 Å². The molecule has 2 N–H and O–H groups in total. The summed E-state index contributed by atoms with van der Waals surface area (Å²) in [6, 6.07) is 4.22. The van der Waals surface area contributed by atoms with Gasteiger partial charge in [0.15, 0.2) is 0 Å². The molecule has 1 saturated heterocycles. The SMILES string of the molecule is CC1CC(C)CN(c2cc([C@@H](C)N)ccn2)C1. The van der Waals surface area contributed by atoms with Crippen LogP contribution in [-0.4, -0.2) is 18.1 Å². The second-order valence-corrected chi connectivity index (χ2v) is 5.59. The summed E-state index contributed by atoms with van der Waals surface area (Å²) in [4.78, 5) is 6.88. The number of hydrogen-bond donors (Lipinski definition) is 1. The maximum absolute atomic E-state index is 5.92. The topological polar surface area (TPSA) is 42.1 Å². The highest BCUT2D eigenvalue weighted by Gasteiger charge is 2.22. The molecule has 17 heavy (non-hydrogen) atoms. The molecule has 1 aromatic rings. The Bertz CT molecular complexity index is 365. The smallest absolute Gasteiger partial charge is 0.128 e. The fraction of sp³-hybridized carbons (Fsp3) is 0.643. The van der Waals surface area contributed by atoms with Gasteiger partial charge in [-0.05, 0) is 42.9 Å². The van der Waals surface area contributed by atoms with Crippen molar-refractivity contribution in [1.29, 1.82) is 0 Å². The van der Waals surface area contributed by atoms with Crippen LogP contribution in [0.4, 0.5) is 5.82 Å². The lowest BCUT2D eigenvalue weighted by Crippen LogP contribution is -2.39. The van der Waals surface area contributed by atoms with Crippen molar-refractivity contribution in [3.05, 3.63) is 23.9 Å². The summed E-state index contributed by atoms with van der Waals surface area (Å²) in [7, 11) is 0. The zero-order chi connectivity index (χ0) is 12.4. The fourth-order valence-electron chi connectivity index (χ4n) is 2.74. The third kappa shape index (κ3) is 2.97. The van der Waals surface area contributed by atoms with Gasteiger partial charge in [0.2, 0.25) is 0 Å². The zero-order valence-corrected chi connectivity index (χ0v) is 11.1. The summed E-state index contributed by atoms with van der Waals surface area (Å²) >= 11 is 0. The first kappa shape index (κ1) is 12.4. The minimum absolute atomic E-state index is 0.0800. The van der Waals surface area contributed by atoms with Crippen LogP contribution in [0.1, 0.15) is 38.8 Å². The van der Waals surface area contributed by atoms with E-state index in [1.807, 2.05) is 19.2 Å². The predicted octanol–water partition coefficient (Wildman–Crippen LogP) is 2.58. The van der Waals surface area contributed by atoms with Crippen molar-refractivity contribution in [2.24, 2.45) is 17.6 Å². The normalized spacial score (nSPS) is 26.9. The summed E-state index contributed by atoms with van der Waals surface area (Å²) in [5.41, 5.74) is 7.09. The van der Waals surface area contributed by atoms with E-state index in [1.165, 1.54) is 12.0 Å². The van der Waals surface area contributed by atoms with E-state index in [-0.39, 0.29) is 6.04 Å². The molecule has 2 rings (SSSR count). The third-order valence-electron chi connectivity index (χ3n) is 3.49. The van der Waals surface area contributed by atoms with E-state index < -0.39 is 0 Å². The van der Waals surface area contributed by atoms with Crippen molar-refractivity contribution < 1.29 is 0 Å². The maximum atomic E-state index is 5.92. The van der Waals surface area contributed by atoms with E-state index in [1.54, 1.807) is 0 Å². The fourth-order valence-corrected chi connectivity index (χ4v) is 2.74. The Morgan fingerprint density at radius 1 is 1.35 bits per heavy atom. The molecule has 1 aliphatic heterocycles. The molecule has 1 aromatic heterocycles. The molecule has 1 aliphatic rings. The number of hydrogen-bond acceptors (Lipinski definition) is 3. The van der Waals surface area contributed by atoms with Crippen LogP contribution in [0, 0.1) is 11.8 Å². The van der Waals surface area contributed by atoms with Gasteiger partial charge in [-0.3, -0.25) is 0 Å². The molecule has 0 spiro atoms. The predicted molar refractivity (Wildman–Crippen MR) is 72.0 cm³/mol. The quantitative estimate of drug-likeness (QED) is 0.853. The Hall–Kier alpha value is -1.09. The molecule has 2 heterocycles. The molecule has 0 amide bonds. The molecule has 94 valence electrons. The lowest BCUT2D eigenvalue weighted by atomic mass is 9.92. The molecule has 0 aromatic carbocycles. The van der Waals surface area contributed by atoms with Crippen LogP contribution in [0.3, 0.4) is 0 Å². The second-order valence-electron chi connectivity index (χ2n) is 5.59. The number of anilines is 1. The molecule has 0 saturated carbocycles. The summed E-state index contributed by atoms with van der Waals surface area (Å²) in [5.74, 6) is 2.58.